The summed E-state index contributed by atoms with van der Waals surface area (Å²) in [6.07, 6.45) is 0.583. The molecule has 1 fully saturated rings. The molecule has 7 heteroatoms. The molecule has 7 nitrogen and oxygen atoms in total. The minimum atomic E-state index is -0.718. The van der Waals surface area contributed by atoms with Crippen molar-refractivity contribution in [3.63, 3.8) is 0 Å². The van der Waals surface area contributed by atoms with Crippen molar-refractivity contribution in [1.29, 1.82) is 0 Å². The van der Waals surface area contributed by atoms with Crippen molar-refractivity contribution in [3.8, 4) is 11.5 Å². The molecule has 2 aromatic rings. The number of likely N-dealkylation sites (tertiary alicyclic amines) is 1. The first-order valence-corrected chi connectivity index (χ1v) is 12.5. The zero-order valence-electron chi connectivity index (χ0n) is 22.0. The minimum absolute atomic E-state index is 0.0188. The van der Waals surface area contributed by atoms with Crippen molar-refractivity contribution in [1.82, 2.24) is 4.90 Å². The molecule has 1 aliphatic heterocycles. The number of nitrogens with zero attached hydrogens (tertiary/aromatic N) is 1. The Morgan fingerprint density at radius 2 is 1.75 bits per heavy atom. The summed E-state index contributed by atoms with van der Waals surface area (Å²) >= 11 is 0. The molecule has 0 saturated carbocycles. The highest BCUT2D eigenvalue weighted by Gasteiger charge is 2.45. The van der Waals surface area contributed by atoms with Crippen LogP contribution in [0.15, 0.2) is 48.0 Å². The molecule has 0 bridgehead atoms. The number of carbonyl (C=O) groups is 2. The second-order valence-corrected chi connectivity index (χ2v) is 9.41. The fourth-order valence-corrected chi connectivity index (χ4v) is 4.43. The number of methoxy groups -OCH3 is 1. The van der Waals surface area contributed by atoms with Crippen molar-refractivity contribution in [2.45, 2.75) is 59.1 Å². The third-order valence-electron chi connectivity index (χ3n) is 6.06. The van der Waals surface area contributed by atoms with Gasteiger partial charge < -0.3 is 24.2 Å². The van der Waals surface area contributed by atoms with Crippen LogP contribution in [0.5, 0.6) is 11.5 Å². The van der Waals surface area contributed by atoms with E-state index < -0.39 is 17.7 Å². The molecule has 194 valence electrons. The molecule has 1 heterocycles. The van der Waals surface area contributed by atoms with Crippen molar-refractivity contribution in [2.75, 3.05) is 26.9 Å². The normalized spacial score (nSPS) is 17.3. The van der Waals surface area contributed by atoms with Crippen LogP contribution in [0, 0.1) is 0 Å². The van der Waals surface area contributed by atoms with Crippen LogP contribution in [-0.4, -0.2) is 54.7 Å². The van der Waals surface area contributed by atoms with Crippen molar-refractivity contribution in [3.05, 3.63) is 64.7 Å². The number of hydrogen-bond donors (Lipinski definition) is 1. The van der Waals surface area contributed by atoms with Gasteiger partial charge in [-0.15, -0.1) is 0 Å². The lowest BCUT2D eigenvalue weighted by Crippen LogP contribution is -2.31. The number of ether oxygens (including phenoxy) is 3. The second-order valence-electron chi connectivity index (χ2n) is 9.41. The van der Waals surface area contributed by atoms with E-state index in [0.29, 0.717) is 37.5 Å². The lowest BCUT2D eigenvalue weighted by atomic mass is 9.93. The van der Waals surface area contributed by atoms with Crippen LogP contribution in [0.3, 0.4) is 0 Å². The Balaban J connectivity index is 2.12. The van der Waals surface area contributed by atoms with E-state index in [2.05, 4.69) is 0 Å². The van der Waals surface area contributed by atoms with E-state index in [0.717, 1.165) is 16.9 Å². The third kappa shape index (κ3) is 5.90. The Bertz CT molecular complexity index is 1100. The van der Waals surface area contributed by atoms with Crippen molar-refractivity contribution < 1.29 is 28.9 Å². The van der Waals surface area contributed by atoms with E-state index >= 15 is 0 Å². The SMILES string of the molecule is CCOc1ccc(/C(O)=C2/C(=O)C(=O)N(CCCOC)C2c2ccc(OC(C)C)cc2)cc1C(C)C. The summed E-state index contributed by atoms with van der Waals surface area (Å²) in [4.78, 5) is 27.9. The zero-order valence-corrected chi connectivity index (χ0v) is 22.0. The van der Waals surface area contributed by atoms with Gasteiger partial charge in [-0.1, -0.05) is 26.0 Å². The number of carbonyl (C=O) groups excluding carboxylic acids is 2. The topological polar surface area (TPSA) is 85.3 Å². The lowest BCUT2D eigenvalue weighted by molar-refractivity contribution is -0.140. The molecule has 1 amide bonds. The summed E-state index contributed by atoms with van der Waals surface area (Å²) in [6, 6.07) is 11.9. The first kappa shape index (κ1) is 27.3. The van der Waals surface area contributed by atoms with E-state index in [-0.39, 0.29) is 23.4 Å². The molecule has 1 unspecified atom stereocenters. The summed E-state index contributed by atoms with van der Waals surface area (Å²) in [5.74, 6) is 0.0483. The molecule has 1 N–H and O–H groups in total. The van der Waals surface area contributed by atoms with Gasteiger partial charge in [0.2, 0.25) is 0 Å². The number of aliphatic hydroxyl groups excluding tert-OH is 1. The molecule has 0 spiro atoms. The number of benzene rings is 2. The summed E-state index contributed by atoms with van der Waals surface area (Å²) in [7, 11) is 1.59. The van der Waals surface area contributed by atoms with Gasteiger partial charge in [-0.05, 0) is 74.6 Å². The monoisotopic (exact) mass is 495 g/mol. The van der Waals surface area contributed by atoms with Gasteiger partial charge in [-0.3, -0.25) is 9.59 Å². The number of hydrogen-bond acceptors (Lipinski definition) is 6. The standard InChI is InChI=1S/C29H37NO6/c1-7-35-24-14-11-21(17-23(24)18(2)3)27(31)25-26(20-9-12-22(13-10-20)36-19(4)5)30(15-8-16-34-6)29(33)28(25)32/h9-14,17-19,26,31H,7-8,15-16H2,1-6H3/b27-25-. The fraction of sp³-hybridized carbons (Fsp3) is 0.448. The highest BCUT2D eigenvalue weighted by atomic mass is 16.5. The van der Waals surface area contributed by atoms with Gasteiger partial charge in [0.15, 0.2) is 0 Å². The molecular weight excluding hydrogens is 458 g/mol. The molecule has 36 heavy (non-hydrogen) atoms. The smallest absolute Gasteiger partial charge is 0.295 e. The van der Waals surface area contributed by atoms with Crippen LogP contribution in [0.4, 0.5) is 0 Å². The number of ketones is 1. The Morgan fingerprint density at radius 3 is 2.33 bits per heavy atom. The van der Waals surface area contributed by atoms with Gasteiger partial charge >= 0.3 is 0 Å². The van der Waals surface area contributed by atoms with E-state index in [1.807, 2.05) is 65.0 Å². The predicted octanol–water partition coefficient (Wildman–Crippen LogP) is 5.45. The Kier molecular flexibility index (Phi) is 9.15. The zero-order chi connectivity index (χ0) is 26.4. The van der Waals surface area contributed by atoms with Gasteiger partial charge in [0.05, 0.1) is 24.3 Å². The molecule has 1 saturated heterocycles. The van der Waals surface area contributed by atoms with Crippen LogP contribution < -0.4 is 9.47 Å². The maximum Gasteiger partial charge on any atom is 0.295 e. The van der Waals surface area contributed by atoms with Crippen LogP contribution in [-0.2, 0) is 14.3 Å². The van der Waals surface area contributed by atoms with E-state index in [1.165, 1.54) is 4.90 Å². The quantitative estimate of drug-likeness (QED) is 0.193. The van der Waals surface area contributed by atoms with E-state index in [9.17, 15) is 14.7 Å². The number of amides is 1. The first-order valence-electron chi connectivity index (χ1n) is 12.5. The summed E-state index contributed by atoms with van der Waals surface area (Å²) in [5.41, 5.74) is 2.19. The number of Topliss-reactive ketones (excluding diaryl/α,β-unsaturated/α-hetero) is 1. The fourth-order valence-electron chi connectivity index (χ4n) is 4.43. The number of rotatable bonds is 11. The molecule has 0 radical (unpaired) electrons. The van der Waals surface area contributed by atoms with Crippen molar-refractivity contribution in [2.24, 2.45) is 0 Å². The average Bonchev–Trinajstić information content (AvgIpc) is 3.09. The van der Waals surface area contributed by atoms with E-state index in [1.54, 1.807) is 19.2 Å². The lowest BCUT2D eigenvalue weighted by Gasteiger charge is -2.25. The average molecular weight is 496 g/mol. The highest BCUT2D eigenvalue weighted by Crippen LogP contribution is 2.41. The van der Waals surface area contributed by atoms with Gasteiger partial charge in [0, 0.05) is 25.8 Å². The molecule has 1 atom stereocenters. The minimum Gasteiger partial charge on any atom is -0.507 e. The van der Waals surface area contributed by atoms with E-state index in [4.69, 9.17) is 14.2 Å². The van der Waals surface area contributed by atoms with Crippen molar-refractivity contribution >= 4 is 17.4 Å². The highest BCUT2D eigenvalue weighted by molar-refractivity contribution is 6.46. The molecular formula is C29H37NO6. The van der Waals surface area contributed by atoms with Crippen LogP contribution in [0.25, 0.3) is 5.76 Å². The second kappa shape index (κ2) is 12.1. The maximum atomic E-state index is 13.3. The molecule has 0 aromatic heterocycles. The molecule has 1 aliphatic rings. The van der Waals surface area contributed by atoms with Gasteiger partial charge in [0.25, 0.3) is 11.7 Å². The number of aliphatic hydroxyl groups is 1. The summed E-state index contributed by atoms with van der Waals surface area (Å²) < 4.78 is 16.7. The largest absolute Gasteiger partial charge is 0.507 e. The maximum absolute atomic E-state index is 13.3. The third-order valence-corrected chi connectivity index (χ3v) is 6.06. The van der Waals surface area contributed by atoms with Crippen LogP contribution >= 0.6 is 0 Å². The van der Waals surface area contributed by atoms with Gasteiger partial charge in [-0.2, -0.15) is 0 Å². The Hall–Kier alpha value is -3.32. The van der Waals surface area contributed by atoms with Gasteiger partial charge in [0.1, 0.15) is 17.3 Å². The summed E-state index contributed by atoms with van der Waals surface area (Å²) in [6.45, 7) is 11.2. The Morgan fingerprint density at radius 1 is 1.06 bits per heavy atom. The molecule has 3 rings (SSSR count). The summed E-state index contributed by atoms with van der Waals surface area (Å²) in [5, 5.41) is 11.4. The Labute approximate surface area is 213 Å². The molecule has 2 aromatic carbocycles. The van der Waals surface area contributed by atoms with Gasteiger partial charge in [-0.25, -0.2) is 0 Å². The predicted molar refractivity (Wildman–Crippen MR) is 139 cm³/mol. The molecule has 0 aliphatic carbocycles. The first-order chi connectivity index (χ1) is 17.2. The van der Waals surface area contributed by atoms with Crippen LogP contribution in [0.1, 0.15) is 69.7 Å². The van der Waals surface area contributed by atoms with Crippen LogP contribution in [0.2, 0.25) is 0 Å².